The van der Waals surface area contributed by atoms with Crippen LogP contribution in [0.5, 0.6) is 5.75 Å². The molecule has 0 spiro atoms. The molecule has 2 rings (SSSR count). The predicted octanol–water partition coefficient (Wildman–Crippen LogP) is 3.93. The van der Waals surface area contributed by atoms with Gasteiger partial charge in [0.05, 0.1) is 17.3 Å². The number of ether oxygens (including phenoxy) is 1. The van der Waals surface area contributed by atoms with Gasteiger partial charge in [0.1, 0.15) is 5.75 Å². The molecule has 1 aromatic rings. The summed E-state index contributed by atoms with van der Waals surface area (Å²) in [5, 5.41) is 0.912. The Balaban J connectivity index is 2.39. The Morgan fingerprint density at radius 3 is 2.25 bits per heavy atom. The van der Waals surface area contributed by atoms with Crippen LogP contribution in [0.2, 0.25) is 0 Å². The number of thiocarbonyl (C=S) groups is 1. The minimum absolute atomic E-state index is 0.00532. The van der Waals surface area contributed by atoms with Crippen LogP contribution in [0.1, 0.15) is 20.8 Å². The maximum absolute atomic E-state index is 13.4. The summed E-state index contributed by atoms with van der Waals surface area (Å²) in [6, 6.07) is 7.43. The van der Waals surface area contributed by atoms with E-state index in [1.807, 2.05) is 31.3 Å². The van der Waals surface area contributed by atoms with Gasteiger partial charge in [-0.2, -0.15) is 0 Å². The van der Waals surface area contributed by atoms with Gasteiger partial charge in [-0.3, -0.25) is 4.57 Å². The highest BCUT2D eigenvalue weighted by Gasteiger charge is 2.49. The normalized spacial score (nSPS) is 26.9. The van der Waals surface area contributed by atoms with Crippen LogP contribution in [0.3, 0.4) is 0 Å². The smallest absolute Gasteiger partial charge is 0.255 e. The van der Waals surface area contributed by atoms with E-state index in [1.165, 1.54) is 11.4 Å². The minimum atomic E-state index is -2.70. The molecule has 20 heavy (non-hydrogen) atoms. The van der Waals surface area contributed by atoms with E-state index in [9.17, 15) is 4.57 Å². The van der Waals surface area contributed by atoms with Gasteiger partial charge in [-0.25, -0.2) is 0 Å². The van der Waals surface area contributed by atoms with Crippen molar-refractivity contribution < 1.29 is 9.30 Å². The van der Waals surface area contributed by atoms with Gasteiger partial charge in [0.15, 0.2) is 0 Å². The maximum Gasteiger partial charge on any atom is 0.255 e. The molecule has 0 amide bonds. The molecule has 1 aliphatic rings. The first-order chi connectivity index (χ1) is 9.20. The average Bonchev–Trinajstić information content (AvgIpc) is 2.64. The van der Waals surface area contributed by atoms with Crippen molar-refractivity contribution in [1.29, 1.82) is 0 Å². The third kappa shape index (κ3) is 2.63. The highest BCUT2D eigenvalue weighted by Crippen LogP contribution is 2.69. The Bertz CT molecular complexity index is 566. The molecule has 0 bridgehead atoms. The topological polar surface area (TPSA) is 29.5 Å². The van der Waals surface area contributed by atoms with Crippen LogP contribution in [0.4, 0.5) is 0 Å². The molecule has 3 nitrogen and oxygen atoms in total. The van der Waals surface area contributed by atoms with Crippen molar-refractivity contribution in [3.05, 3.63) is 24.3 Å². The van der Waals surface area contributed by atoms with Gasteiger partial charge >= 0.3 is 0 Å². The summed E-state index contributed by atoms with van der Waals surface area (Å²) in [6.45, 7) is 3.70. The van der Waals surface area contributed by atoms with E-state index in [0.29, 0.717) is 0 Å². The van der Waals surface area contributed by atoms with Crippen molar-refractivity contribution in [2.75, 3.05) is 14.2 Å². The molecule has 1 heterocycles. The second-order valence-electron chi connectivity index (χ2n) is 5.93. The molecule has 0 aromatic heterocycles. The number of hydrogen-bond acceptors (Lipinski definition) is 4. The lowest BCUT2D eigenvalue weighted by Gasteiger charge is -2.25. The minimum Gasteiger partial charge on any atom is -0.497 e. The van der Waals surface area contributed by atoms with Gasteiger partial charge in [-0.05, 0) is 29.7 Å². The Labute approximate surface area is 130 Å². The summed E-state index contributed by atoms with van der Waals surface area (Å²) < 4.78 is 20.3. The standard InChI is InChI=1S/C14H20NO2PS2/c1-14(2,3)12-13(19)15(4)18(16,20-12)11-8-6-10(17-5)7-9-11/h6-9,12H,1-5H3/t12-,18-/m0/s1. The van der Waals surface area contributed by atoms with Gasteiger partial charge < -0.3 is 9.41 Å². The van der Waals surface area contributed by atoms with E-state index in [0.717, 1.165) is 16.0 Å². The first-order valence-corrected chi connectivity index (χ1v) is 9.96. The van der Waals surface area contributed by atoms with Crippen LogP contribution >= 0.6 is 30.1 Å². The Kier molecular flexibility index (Phi) is 4.25. The van der Waals surface area contributed by atoms with Crippen molar-refractivity contribution in [2.24, 2.45) is 5.41 Å². The molecule has 0 radical (unpaired) electrons. The van der Waals surface area contributed by atoms with Crippen LogP contribution in [0.25, 0.3) is 0 Å². The molecule has 1 aromatic carbocycles. The third-order valence-corrected chi connectivity index (χ3v) is 10.4. The highest BCUT2D eigenvalue weighted by molar-refractivity contribution is 8.61. The first-order valence-electron chi connectivity index (χ1n) is 6.41. The summed E-state index contributed by atoms with van der Waals surface area (Å²) >= 11 is 7.02. The Morgan fingerprint density at radius 2 is 1.85 bits per heavy atom. The second kappa shape index (κ2) is 5.36. The van der Waals surface area contributed by atoms with Gasteiger partial charge in [-0.1, -0.05) is 44.4 Å². The van der Waals surface area contributed by atoms with Crippen molar-refractivity contribution in [1.82, 2.24) is 4.67 Å². The van der Waals surface area contributed by atoms with E-state index in [-0.39, 0.29) is 10.7 Å². The molecule has 1 fully saturated rings. The summed E-state index contributed by atoms with van der Waals surface area (Å²) in [7, 11) is 3.46. The molecule has 1 aliphatic heterocycles. The molecule has 2 atom stereocenters. The number of rotatable bonds is 2. The molecular formula is C14H20NO2PS2. The largest absolute Gasteiger partial charge is 0.497 e. The molecule has 6 heteroatoms. The van der Waals surface area contributed by atoms with Crippen LogP contribution < -0.4 is 10.0 Å². The van der Waals surface area contributed by atoms with Gasteiger partial charge in [0.2, 0.25) is 0 Å². The van der Waals surface area contributed by atoms with Gasteiger partial charge in [-0.15, -0.1) is 0 Å². The van der Waals surface area contributed by atoms with Crippen LogP contribution in [-0.4, -0.2) is 29.1 Å². The third-order valence-electron chi connectivity index (χ3n) is 3.37. The molecule has 110 valence electrons. The molecule has 0 N–H and O–H groups in total. The molecule has 1 saturated heterocycles. The predicted molar refractivity (Wildman–Crippen MR) is 91.4 cm³/mol. The highest BCUT2D eigenvalue weighted by atomic mass is 32.7. The van der Waals surface area contributed by atoms with Gasteiger partial charge in [0, 0.05) is 12.4 Å². The number of methoxy groups -OCH3 is 1. The summed E-state index contributed by atoms with van der Waals surface area (Å²) in [4.78, 5) is 0.779. The van der Waals surface area contributed by atoms with Crippen molar-refractivity contribution in [3.8, 4) is 5.75 Å². The first kappa shape index (κ1) is 15.9. The van der Waals surface area contributed by atoms with Crippen molar-refractivity contribution >= 4 is 40.4 Å². The lowest BCUT2D eigenvalue weighted by atomic mass is 9.91. The fourth-order valence-corrected chi connectivity index (χ4v) is 9.27. The van der Waals surface area contributed by atoms with E-state index < -0.39 is 6.49 Å². The second-order valence-corrected chi connectivity index (χ2v) is 11.3. The zero-order valence-electron chi connectivity index (χ0n) is 12.4. The lowest BCUT2D eigenvalue weighted by molar-refractivity contribution is 0.415. The summed E-state index contributed by atoms with van der Waals surface area (Å²) in [5.74, 6) is 0.766. The van der Waals surface area contributed by atoms with Crippen LogP contribution in [0.15, 0.2) is 24.3 Å². The Morgan fingerprint density at radius 1 is 1.30 bits per heavy atom. The van der Waals surface area contributed by atoms with Crippen molar-refractivity contribution in [3.63, 3.8) is 0 Å². The number of nitrogens with zero attached hydrogens (tertiary/aromatic N) is 1. The summed E-state index contributed by atoms with van der Waals surface area (Å²) in [6.07, 6.45) is 0. The van der Waals surface area contributed by atoms with Gasteiger partial charge in [0.25, 0.3) is 6.49 Å². The van der Waals surface area contributed by atoms with E-state index in [2.05, 4.69) is 20.8 Å². The van der Waals surface area contributed by atoms with E-state index >= 15 is 0 Å². The SMILES string of the molecule is COc1ccc([P@]2(=O)S[C@H](C(C)(C)C)C(=S)N2C)cc1. The maximum atomic E-state index is 13.4. The van der Waals surface area contributed by atoms with E-state index in [4.69, 9.17) is 17.0 Å². The average molecular weight is 329 g/mol. The lowest BCUT2D eigenvalue weighted by Crippen LogP contribution is -2.32. The van der Waals surface area contributed by atoms with Crippen LogP contribution in [-0.2, 0) is 4.57 Å². The zero-order valence-corrected chi connectivity index (χ0v) is 14.9. The zero-order chi connectivity index (χ0) is 15.1. The molecular weight excluding hydrogens is 309 g/mol. The quantitative estimate of drug-likeness (QED) is 0.606. The summed E-state index contributed by atoms with van der Waals surface area (Å²) in [5.41, 5.74) is -0.00532. The van der Waals surface area contributed by atoms with Crippen LogP contribution in [0, 0.1) is 5.41 Å². The Hall–Kier alpha value is -0.510. The number of benzene rings is 1. The molecule has 0 aliphatic carbocycles. The molecule has 0 saturated carbocycles. The molecule has 0 unspecified atom stereocenters. The fourth-order valence-electron chi connectivity index (χ4n) is 2.09. The monoisotopic (exact) mass is 329 g/mol. The van der Waals surface area contributed by atoms with E-state index in [1.54, 1.807) is 11.8 Å². The van der Waals surface area contributed by atoms with Crippen molar-refractivity contribution in [2.45, 2.75) is 26.0 Å². The number of hydrogen-bond donors (Lipinski definition) is 0. The fraction of sp³-hybridized carbons (Fsp3) is 0.500.